The topological polar surface area (TPSA) is 82.6 Å². The molecule has 3 rings (SSSR count). The van der Waals surface area contributed by atoms with E-state index in [0.717, 1.165) is 33.8 Å². The van der Waals surface area contributed by atoms with E-state index in [1.165, 1.54) is 31.5 Å². The Kier molecular flexibility index (Phi) is 5.74. The lowest BCUT2D eigenvalue weighted by molar-refractivity contribution is 0.102. The molecule has 0 bridgehead atoms. The number of rotatable bonds is 5. The molecule has 28 heavy (non-hydrogen) atoms. The van der Waals surface area contributed by atoms with Crippen LogP contribution in [0.2, 0.25) is 0 Å². The van der Waals surface area contributed by atoms with Gasteiger partial charge in [0.1, 0.15) is 5.82 Å². The molecule has 2 heterocycles. The molecule has 0 atom stereocenters. The van der Waals surface area contributed by atoms with Gasteiger partial charge >= 0.3 is 0 Å². The number of sulfonamides is 1. The quantitative estimate of drug-likeness (QED) is 0.795. The molecule has 1 aliphatic rings. The normalized spacial score (nSPS) is 14.7. The Labute approximate surface area is 168 Å². The first-order valence-corrected chi connectivity index (χ1v) is 11.1. The number of halogens is 1. The highest BCUT2D eigenvalue weighted by molar-refractivity contribution is 7.89. The van der Waals surface area contributed by atoms with Gasteiger partial charge in [0.2, 0.25) is 10.0 Å². The Balaban J connectivity index is 2.09. The standard InChI is InChI=1S/C18H23FN4O3S2/c1-11-12(2)27-18(20-11)21-17(24)14-9-13(28(25,26)22(3)4)10-15(19)16(14)23-7-5-6-8-23/h9-10H,5-8H2,1-4H3,(H,20,21,24). The number of aromatic nitrogens is 1. The van der Waals surface area contributed by atoms with Gasteiger partial charge in [-0.25, -0.2) is 22.1 Å². The summed E-state index contributed by atoms with van der Waals surface area (Å²) in [5.41, 5.74) is 0.931. The van der Waals surface area contributed by atoms with Crippen molar-refractivity contribution in [2.75, 3.05) is 37.4 Å². The number of benzene rings is 1. The van der Waals surface area contributed by atoms with Gasteiger partial charge in [-0.15, -0.1) is 11.3 Å². The third kappa shape index (κ3) is 3.89. The van der Waals surface area contributed by atoms with Crippen LogP contribution in [-0.4, -0.2) is 50.8 Å². The molecule has 1 aromatic heterocycles. The fraction of sp³-hybridized carbons (Fsp3) is 0.444. The van der Waals surface area contributed by atoms with E-state index in [1.807, 2.05) is 13.8 Å². The van der Waals surface area contributed by atoms with E-state index in [4.69, 9.17) is 0 Å². The SMILES string of the molecule is Cc1nc(NC(=O)c2cc(S(=O)(=O)N(C)C)cc(F)c2N2CCCC2)sc1C. The first kappa shape index (κ1) is 20.7. The van der Waals surface area contributed by atoms with Gasteiger partial charge < -0.3 is 4.90 Å². The molecule has 10 heteroatoms. The fourth-order valence-corrected chi connectivity index (χ4v) is 4.81. The van der Waals surface area contributed by atoms with Crippen molar-refractivity contribution < 1.29 is 17.6 Å². The van der Waals surface area contributed by atoms with Crippen molar-refractivity contribution in [3.8, 4) is 0 Å². The van der Waals surface area contributed by atoms with Crippen LogP contribution in [0.5, 0.6) is 0 Å². The highest BCUT2D eigenvalue weighted by Crippen LogP contribution is 2.32. The van der Waals surface area contributed by atoms with E-state index < -0.39 is 21.7 Å². The van der Waals surface area contributed by atoms with E-state index in [9.17, 15) is 13.2 Å². The minimum Gasteiger partial charge on any atom is -0.369 e. The molecule has 1 aromatic carbocycles. The van der Waals surface area contributed by atoms with Crippen LogP contribution in [0.15, 0.2) is 17.0 Å². The van der Waals surface area contributed by atoms with E-state index in [0.29, 0.717) is 18.2 Å². The summed E-state index contributed by atoms with van der Waals surface area (Å²) in [5, 5.41) is 3.08. The second-order valence-corrected chi connectivity index (χ2v) is 10.3. The predicted octanol–water partition coefficient (Wildman–Crippen LogP) is 3.00. The van der Waals surface area contributed by atoms with Crippen molar-refractivity contribution in [2.24, 2.45) is 0 Å². The molecule has 7 nitrogen and oxygen atoms in total. The van der Waals surface area contributed by atoms with Crippen molar-refractivity contribution in [2.45, 2.75) is 31.6 Å². The second-order valence-electron chi connectivity index (χ2n) is 6.90. The Morgan fingerprint density at radius 2 is 1.89 bits per heavy atom. The maximum absolute atomic E-state index is 15.0. The number of carbonyl (C=O) groups is 1. The summed E-state index contributed by atoms with van der Waals surface area (Å²) in [6, 6.07) is 2.23. The number of aryl methyl sites for hydroxylation is 2. The number of carbonyl (C=O) groups excluding carboxylic acids is 1. The monoisotopic (exact) mass is 426 g/mol. The molecule has 1 aliphatic heterocycles. The maximum Gasteiger partial charge on any atom is 0.259 e. The minimum atomic E-state index is -3.89. The van der Waals surface area contributed by atoms with Crippen LogP contribution in [0, 0.1) is 19.7 Å². The Hall–Kier alpha value is -2.04. The van der Waals surface area contributed by atoms with Crippen LogP contribution in [0.4, 0.5) is 15.2 Å². The number of thiazole rings is 1. The number of hydrogen-bond donors (Lipinski definition) is 1. The third-order valence-electron chi connectivity index (χ3n) is 4.73. The largest absolute Gasteiger partial charge is 0.369 e. The van der Waals surface area contributed by atoms with E-state index in [2.05, 4.69) is 10.3 Å². The minimum absolute atomic E-state index is 0.00664. The lowest BCUT2D eigenvalue weighted by Gasteiger charge is -2.23. The smallest absolute Gasteiger partial charge is 0.259 e. The first-order chi connectivity index (χ1) is 13.1. The summed E-state index contributed by atoms with van der Waals surface area (Å²) < 4.78 is 41.0. The average Bonchev–Trinajstić information content (AvgIpc) is 3.24. The maximum atomic E-state index is 15.0. The van der Waals surface area contributed by atoms with Gasteiger partial charge in [-0.2, -0.15) is 0 Å². The van der Waals surface area contributed by atoms with Crippen molar-refractivity contribution in [1.82, 2.24) is 9.29 Å². The zero-order valence-electron chi connectivity index (χ0n) is 16.2. The van der Waals surface area contributed by atoms with Gasteiger partial charge in [-0.1, -0.05) is 0 Å². The molecule has 0 spiro atoms. The van der Waals surface area contributed by atoms with Crippen LogP contribution in [0.25, 0.3) is 0 Å². The third-order valence-corrected chi connectivity index (χ3v) is 7.51. The van der Waals surface area contributed by atoms with Crippen LogP contribution in [0.1, 0.15) is 33.8 Å². The number of nitrogens with one attached hydrogen (secondary N) is 1. The molecule has 2 aromatic rings. The van der Waals surface area contributed by atoms with Crippen LogP contribution >= 0.6 is 11.3 Å². The molecular formula is C18H23FN4O3S2. The van der Waals surface area contributed by atoms with Gasteiger partial charge in [0.05, 0.1) is 21.8 Å². The summed E-state index contributed by atoms with van der Waals surface area (Å²) in [7, 11) is -1.16. The zero-order valence-corrected chi connectivity index (χ0v) is 17.9. The summed E-state index contributed by atoms with van der Waals surface area (Å²) in [6.07, 6.45) is 1.78. The van der Waals surface area contributed by atoms with Crippen molar-refractivity contribution in [3.05, 3.63) is 34.1 Å². The number of nitrogens with zero attached hydrogens (tertiary/aromatic N) is 3. The molecule has 0 saturated carbocycles. The molecule has 0 radical (unpaired) electrons. The average molecular weight is 427 g/mol. The lowest BCUT2D eigenvalue weighted by atomic mass is 10.1. The van der Waals surface area contributed by atoms with Gasteiger partial charge in [0, 0.05) is 32.1 Å². The van der Waals surface area contributed by atoms with Crippen molar-refractivity contribution in [3.63, 3.8) is 0 Å². The second kappa shape index (κ2) is 7.76. The summed E-state index contributed by atoms with van der Waals surface area (Å²) in [4.78, 5) is 19.7. The molecule has 1 fully saturated rings. The van der Waals surface area contributed by atoms with E-state index >= 15 is 4.39 Å². The zero-order chi connectivity index (χ0) is 20.6. The summed E-state index contributed by atoms with van der Waals surface area (Å²) >= 11 is 1.32. The lowest BCUT2D eigenvalue weighted by Crippen LogP contribution is -2.27. The molecule has 0 aliphatic carbocycles. The molecule has 152 valence electrons. The van der Waals surface area contributed by atoms with E-state index in [1.54, 1.807) is 4.90 Å². The highest BCUT2D eigenvalue weighted by Gasteiger charge is 2.28. The van der Waals surface area contributed by atoms with Gasteiger partial charge in [0.25, 0.3) is 5.91 Å². The molecule has 1 saturated heterocycles. The number of amides is 1. The van der Waals surface area contributed by atoms with Gasteiger partial charge in [-0.05, 0) is 38.8 Å². The number of hydrogen-bond acceptors (Lipinski definition) is 6. The van der Waals surface area contributed by atoms with Gasteiger partial charge in [0.15, 0.2) is 5.13 Å². The Bertz CT molecular complexity index is 993. The molecule has 0 unspecified atom stereocenters. The highest BCUT2D eigenvalue weighted by atomic mass is 32.2. The van der Waals surface area contributed by atoms with Gasteiger partial charge in [-0.3, -0.25) is 10.1 Å². The van der Waals surface area contributed by atoms with Crippen LogP contribution < -0.4 is 10.2 Å². The molecular weight excluding hydrogens is 403 g/mol. The van der Waals surface area contributed by atoms with Crippen molar-refractivity contribution >= 4 is 38.1 Å². The predicted molar refractivity (Wildman–Crippen MR) is 108 cm³/mol. The number of anilines is 2. The van der Waals surface area contributed by atoms with Crippen LogP contribution in [0.3, 0.4) is 0 Å². The van der Waals surface area contributed by atoms with E-state index in [-0.39, 0.29) is 16.1 Å². The fourth-order valence-electron chi connectivity index (χ4n) is 3.06. The molecule has 1 amide bonds. The molecule has 1 N–H and O–H groups in total. The summed E-state index contributed by atoms with van der Waals surface area (Å²) in [5.74, 6) is -1.30. The first-order valence-electron chi connectivity index (χ1n) is 8.87. The Morgan fingerprint density at radius 1 is 1.25 bits per heavy atom. The Morgan fingerprint density at radius 3 is 2.43 bits per heavy atom. The summed E-state index contributed by atoms with van der Waals surface area (Å²) in [6.45, 7) is 4.96. The van der Waals surface area contributed by atoms with Crippen molar-refractivity contribution in [1.29, 1.82) is 0 Å². The van der Waals surface area contributed by atoms with Crippen LogP contribution in [-0.2, 0) is 10.0 Å².